The third-order valence-electron chi connectivity index (χ3n) is 0.478. The molecule has 0 fully saturated rings. The molecule has 1 rings (SSSR count). The first-order valence-electron chi connectivity index (χ1n) is 3.21. The van der Waals surface area contributed by atoms with Crippen molar-refractivity contribution in [3.8, 4) is 0 Å². The highest BCUT2D eigenvalue weighted by atomic mass is 31.1. The summed E-state index contributed by atoms with van der Waals surface area (Å²) >= 11 is 0. The molecule has 1 aromatic rings. The molecule has 78 valence electrons. The maximum atomic E-state index is 9.00. The third-order valence-corrected chi connectivity index (χ3v) is 0.478. The lowest BCUT2D eigenvalue weighted by Crippen LogP contribution is -1.78. The van der Waals surface area contributed by atoms with Crippen molar-refractivity contribution >= 4 is 14.2 Å². The Morgan fingerprint density at radius 2 is 1.29 bits per heavy atom. The Kier molecular flexibility index (Phi) is 12.4. The van der Waals surface area contributed by atoms with Crippen LogP contribution in [0.4, 0.5) is 0 Å². The minimum absolute atomic E-state index is 0.833. The first-order chi connectivity index (χ1) is 6.46. The number of hydrogen-bond donors (Lipinski definition) is 3. The van der Waals surface area contributed by atoms with Gasteiger partial charge in [0.25, 0.3) is 5.97 Å². The average molecular weight is 221 g/mol. The first kappa shape index (κ1) is 15.1. The minimum Gasteiger partial charge on any atom is -0.481 e. The van der Waals surface area contributed by atoms with Crippen molar-refractivity contribution in [2.45, 2.75) is 6.92 Å². The summed E-state index contributed by atoms with van der Waals surface area (Å²) in [5.41, 5.74) is 0. The number of rotatable bonds is 0. The van der Waals surface area contributed by atoms with E-state index in [4.69, 9.17) is 24.3 Å². The van der Waals surface area contributed by atoms with Gasteiger partial charge < -0.3 is 5.11 Å². The van der Waals surface area contributed by atoms with E-state index in [-0.39, 0.29) is 0 Å². The average Bonchev–Trinajstić information content (AvgIpc) is 2.05. The molecular formula is C6H10N2O5P+. The Hall–Kier alpha value is -1.43. The van der Waals surface area contributed by atoms with Gasteiger partial charge in [-0.3, -0.25) is 14.8 Å². The van der Waals surface area contributed by atoms with E-state index < -0.39 is 14.2 Å². The van der Waals surface area contributed by atoms with Gasteiger partial charge in [0, 0.05) is 36.3 Å². The lowest BCUT2D eigenvalue weighted by atomic mass is 10.8. The van der Waals surface area contributed by atoms with Gasteiger partial charge in [0.2, 0.25) is 0 Å². The molecule has 0 aliphatic rings. The van der Waals surface area contributed by atoms with E-state index in [1.165, 1.54) is 0 Å². The molecular weight excluding hydrogens is 211 g/mol. The van der Waals surface area contributed by atoms with Crippen LogP contribution in [0.2, 0.25) is 0 Å². The van der Waals surface area contributed by atoms with Crippen molar-refractivity contribution in [1.29, 1.82) is 0 Å². The van der Waals surface area contributed by atoms with Crippen LogP contribution < -0.4 is 0 Å². The van der Waals surface area contributed by atoms with Crippen LogP contribution in [0.1, 0.15) is 6.92 Å². The Morgan fingerprint density at radius 1 is 1.14 bits per heavy atom. The summed E-state index contributed by atoms with van der Waals surface area (Å²) < 4.78 is 8.70. The van der Waals surface area contributed by atoms with E-state index in [1.807, 2.05) is 0 Å². The van der Waals surface area contributed by atoms with Gasteiger partial charge in [-0.2, -0.15) is 0 Å². The zero-order valence-corrected chi connectivity index (χ0v) is 8.20. The van der Waals surface area contributed by atoms with E-state index in [0.29, 0.717) is 0 Å². The van der Waals surface area contributed by atoms with Crippen LogP contribution in [0.15, 0.2) is 24.8 Å². The van der Waals surface area contributed by atoms with Crippen molar-refractivity contribution in [2.24, 2.45) is 0 Å². The summed E-state index contributed by atoms with van der Waals surface area (Å²) in [5, 5.41) is 7.42. The molecule has 0 spiro atoms. The van der Waals surface area contributed by atoms with Gasteiger partial charge >= 0.3 is 8.25 Å². The largest absolute Gasteiger partial charge is 0.692 e. The predicted octanol–water partition coefficient (Wildman–Crippen LogP) is 0.196. The molecule has 0 aliphatic carbocycles. The van der Waals surface area contributed by atoms with Crippen LogP contribution in [0, 0.1) is 0 Å². The molecule has 1 heterocycles. The Labute approximate surface area is 81.0 Å². The Balaban J connectivity index is 0. The molecule has 14 heavy (non-hydrogen) atoms. The lowest BCUT2D eigenvalue weighted by molar-refractivity contribution is -0.134. The van der Waals surface area contributed by atoms with Crippen LogP contribution in [-0.4, -0.2) is 30.8 Å². The second-order valence-corrected chi connectivity index (χ2v) is 2.17. The molecule has 0 amide bonds. The van der Waals surface area contributed by atoms with Gasteiger partial charge in [-0.25, -0.2) is 0 Å². The van der Waals surface area contributed by atoms with Crippen LogP contribution in [-0.2, 0) is 9.36 Å². The molecule has 1 aromatic heterocycles. The van der Waals surface area contributed by atoms with E-state index in [2.05, 4.69) is 9.97 Å². The number of carboxylic acids is 1. The molecule has 0 saturated heterocycles. The lowest BCUT2D eigenvalue weighted by Gasteiger charge is -1.70. The molecule has 3 N–H and O–H groups in total. The molecule has 0 aliphatic heterocycles. The molecule has 7 nitrogen and oxygen atoms in total. The van der Waals surface area contributed by atoms with Crippen LogP contribution >= 0.6 is 8.25 Å². The minimum atomic E-state index is -2.87. The van der Waals surface area contributed by atoms with E-state index in [1.54, 1.807) is 24.8 Å². The Bertz CT molecular complexity index is 209. The molecule has 0 atom stereocenters. The van der Waals surface area contributed by atoms with Crippen LogP contribution in [0.25, 0.3) is 0 Å². The van der Waals surface area contributed by atoms with Gasteiger partial charge in [0.15, 0.2) is 0 Å². The van der Waals surface area contributed by atoms with Gasteiger partial charge in [0.05, 0.1) is 0 Å². The molecule has 0 radical (unpaired) electrons. The number of carbonyl (C=O) groups is 1. The van der Waals surface area contributed by atoms with Gasteiger partial charge in [0.1, 0.15) is 0 Å². The van der Waals surface area contributed by atoms with Crippen LogP contribution in [0.5, 0.6) is 0 Å². The van der Waals surface area contributed by atoms with E-state index in [0.717, 1.165) is 6.92 Å². The summed E-state index contributed by atoms with van der Waals surface area (Å²) in [7, 11) is -2.87. The summed E-state index contributed by atoms with van der Waals surface area (Å²) in [6.07, 6.45) is 6.56. The fraction of sp³-hybridized carbons (Fsp3) is 0.167. The number of carboxylic acid groups (broad SMARTS) is 1. The normalized spacial score (nSPS) is 7.07. The van der Waals surface area contributed by atoms with Crippen molar-refractivity contribution in [1.82, 2.24) is 9.97 Å². The zero-order chi connectivity index (χ0) is 11.4. The maximum Gasteiger partial charge on any atom is 0.692 e. The quantitative estimate of drug-likeness (QED) is 0.535. The zero-order valence-electron chi connectivity index (χ0n) is 7.31. The van der Waals surface area contributed by atoms with Crippen molar-refractivity contribution in [3.05, 3.63) is 24.8 Å². The first-order valence-corrected chi connectivity index (χ1v) is 4.37. The van der Waals surface area contributed by atoms with Crippen molar-refractivity contribution < 1.29 is 24.3 Å². The molecule has 0 unspecified atom stereocenters. The molecule has 0 saturated carbocycles. The highest BCUT2D eigenvalue weighted by Crippen LogP contribution is 1.98. The summed E-state index contributed by atoms with van der Waals surface area (Å²) in [6, 6.07) is 0. The van der Waals surface area contributed by atoms with Gasteiger partial charge in [-0.05, 0) is 0 Å². The fourth-order valence-electron chi connectivity index (χ4n) is 0.253. The number of aliphatic carboxylic acids is 1. The second kappa shape index (κ2) is 11.6. The molecule has 0 aromatic carbocycles. The summed E-state index contributed by atoms with van der Waals surface area (Å²) in [5.74, 6) is -0.833. The summed E-state index contributed by atoms with van der Waals surface area (Å²) in [4.78, 5) is 30.7. The van der Waals surface area contributed by atoms with Crippen molar-refractivity contribution in [2.75, 3.05) is 0 Å². The SMILES string of the molecule is CC(=O)O.O=[P+](O)O.c1cnccn1. The van der Waals surface area contributed by atoms with E-state index in [9.17, 15) is 0 Å². The van der Waals surface area contributed by atoms with Crippen LogP contribution in [0.3, 0.4) is 0 Å². The second-order valence-electron chi connectivity index (χ2n) is 1.67. The highest BCUT2D eigenvalue weighted by molar-refractivity contribution is 7.30. The highest BCUT2D eigenvalue weighted by Gasteiger charge is 1.93. The topological polar surface area (TPSA) is 121 Å². The van der Waals surface area contributed by atoms with Crippen molar-refractivity contribution in [3.63, 3.8) is 0 Å². The number of aromatic nitrogens is 2. The summed E-state index contributed by atoms with van der Waals surface area (Å²) in [6.45, 7) is 1.08. The third kappa shape index (κ3) is 46.4. The molecule has 0 bridgehead atoms. The smallest absolute Gasteiger partial charge is 0.481 e. The molecule has 8 heteroatoms. The number of hydrogen-bond acceptors (Lipinski definition) is 4. The monoisotopic (exact) mass is 221 g/mol. The fourth-order valence-corrected chi connectivity index (χ4v) is 0.253. The van der Waals surface area contributed by atoms with E-state index >= 15 is 0 Å². The van der Waals surface area contributed by atoms with Gasteiger partial charge in [-0.15, -0.1) is 9.79 Å². The Morgan fingerprint density at radius 3 is 1.36 bits per heavy atom. The number of nitrogens with zero attached hydrogens (tertiary/aromatic N) is 2. The maximum absolute atomic E-state index is 9.00. The van der Waals surface area contributed by atoms with Gasteiger partial charge in [-0.1, -0.05) is 0 Å². The standard InChI is InChI=1S/C4H4N2.C2H4O2.HO3P/c1-2-6-4-3-5-1;1-2(3)4;1-4(2)3/h1-4H;1H3,(H,3,4);(H-,1,2,3)/p+1. The predicted molar refractivity (Wildman–Crippen MR) is 47.4 cm³/mol.